The van der Waals surface area contributed by atoms with Crippen molar-refractivity contribution in [3.8, 4) is 0 Å². The number of aryl methyl sites for hydroxylation is 1. The first-order valence-electron chi connectivity index (χ1n) is 9.57. The molecule has 4 heteroatoms. The third-order valence-corrected chi connectivity index (χ3v) is 5.91. The first-order chi connectivity index (χ1) is 12.7. The molecule has 1 aromatic carbocycles. The Balaban J connectivity index is 0.00000210. The quantitative estimate of drug-likeness (QED) is 0.534. The first-order valence-corrected chi connectivity index (χ1v) is 9.57. The molecule has 1 unspecified atom stereocenters. The number of benzene rings is 1. The van der Waals surface area contributed by atoms with Gasteiger partial charge in [0.2, 0.25) is 0 Å². The van der Waals surface area contributed by atoms with E-state index in [9.17, 15) is 0 Å². The summed E-state index contributed by atoms with van der Waals surface area (Å²) < 4.78 is 2.37. The van der Waals surface area contributed by atoms with Gasteiger partial charge in [-0.15, -0.1) is 19.0 Å². The molecule has 0 N–H and O–H groups in total. The smallest absolute Gasteiger partial charge is 0.153 e. The summed E-state index contributed by atoms with van der Waals surface area (Å²) in [5.41, 5.74) is 6.84. The van der Waals surface area contributed by atoms with Crippen molar-refractivity contribution in [3.63, 3.8) is 0 Å². The van der Waals surface area contributed by atoms with Crippen LogP contribution in [0.1, 0.15) is 41.8 Å². The van der Waals surface area contributed by atoms with Crippen molar-refractivity contribution in [1.82, 2.24) is 9.55 Å². The zero-order chi connectivity index (χ0) is 18.3. The monoisotopic (exact) mass is 381 g/mol. The number of pyridine rings is 1. The number of fused-ring (bicyclic) bond motifs is 2. The van der Waals surface area contributed by atoms with E-state index in [1.165, 1.54) is 33.3 Å². The fraction of sp³-hybridized carbons (Fsp3) is 0.348. The van der Waals surface area contributed by atoms with Gasteiger partial charge in [0, 0.05) is 30.4 Å². The SMILES string of the molecule is C=CCn1c(C)c(C)c2ccnc(N3CCc4ccccc4C3CC)c21.Cl. The summed E-state index contributed by atoms with van der Waals surface area (Å²) in [5, 5.41) is 1.31. The van der Waals surface area contributed by atoms with Gasteiger partial charge in [-0.2, -0.15) is 0 Å². The van der Waals surface area contributed by atoms with Crippen LogP contribution in [0.25, 0.3) is 10.9 Å². The van der Waals surface area contributed by atoms with Crippen LogP contribution in [-0.2, 0) is 13.0 Å². The zero-order valence-corrected chi connectivity index (χ0v) is 17.2. The summed E-state index contributed by atoms with van der Waals surface area (Å²) in [6.45, 7) is 12.5. The van der Waals surface area contributed by atoms with Gasteiger partial charge in [-0.25, -0.2) is 4.98 Å². The third kappa shape index (κ3) is 3.04. The fourth-order valence-corrected chi connectivity index (χ4v) is 4.49. The topological polar surface area (TPSA) is 21.1 Å². The number of hydrogen-bond donors (Lipinski definition) is 0. The number of nitrogens with zero attached hydrogens (tertiary/aromatic N) is 3. The Morgan fingerprint density at radius 3 is 2.74 bits per heavy atom. The number of allylic oxidation sites excluding steroid dienone is 1. The van der Waals surface area contributed by atoms with Crippen molar-refractivity contribution in [2.75, 3.05) is 11.4 Å². The van der Waals surface area contributed by atoms with Crippen LogP contribution in [0, 0.1) is 13.8 Å². The summed E-state index contributed by atoms with van der Waals surface area (Å²) in [7, 11) is 0. The van der Waals surface area contributed by atoms with Gasteiger partial charge in [0.1, 0.15) is 0 Å². The molecule has 0 aliphatic carbocycles. The molecule has 3 heterocycles. The lowest BCUT2D eigenvalue weighted by Crippen LogP contribution is -2.36. The van der Waals surface area contributed by atoms with E-state index < -0.39 is 0 Å². The van der Waals surface area contributed by atoms with Crippen molar-refractivity contribution in [1.29, 1.82) is 0 Å². The average Bonchev–Trinajstić information content (AvgIpc) is 2.92. The molecule has 3 aromatic rings. The van der Waals surface area contributed by atoms with Crippen molar-refractivity contribution >= 4 is 29.1 Å². The van der Waals surface area contributed by atoms with Gasteiger partial charge in [0.15, 0.2) is 5.82 Å². The Morgan fingerprint density at radius 2 is 2.00 bits per heavy atom. The van der Waals surface area contributed by atoms with Crippen LogP contribution < -0.4 is 4.90 Å². The Labute approximate surface area is 168 Å². The van der Waals surface area contributed by atoms with Gasteiger partial charge < -0.3 is 9.47 Å². The van der Waals surface area contributed by atoms with E-state index in [0.717, 1.165) is 31.7 Å². The van der Waals surface area contributed by atoms with Gasteiger partial charge in [0.25, 0.3) is 0 Å². The van der Waals surface area contributed by atoms with E-state index in [0.29, 0.717) is 6.04 Å². The molecule has 0 amide bonds. The van der Waals surface area contributed by atoms with Crippen LogP contribution in [0.2, 0.25) is 0 Å². The number of hydrogen-bond acceptors (Lipinski definition) is 2. The maximum absolute atomic E-state index is 4.87. The van der Waals surface area contributed by atoms with E-state index >= 15 is 0 Å². The van der Waals surface area contributed by atoms with Crippen molar-refractivity contribution in [2.24, 2.45) is 0 Å². The second-order valence-corrected chi connectivity index (χ2v) is 7.21. The Hall–Kier alpha value is -2.26. The number of anilines is 1. The maximum atomic E-state index is 4.87. The summed E-state index contributed by atoms with van der Waals surface area (Å²) >= 11 is 0. The molecule has 142 valence electrons. The third-order valence-electron chi connectivity index (χ3n) is 5.91. The average molecular weight is 382 g/mol. The molecular weight excluding hydrogens is 354 g/mol. The van der Waals surface area contributed by atoms with E-state index in [-0.39, 0.29) is 12.4 Å². The van der Waals surface area contributed by atoms with E-state index in [4.69, 9.17) is 4.98 Å². The van der Waals surface area contributed by atoms with Crippen LogP contribution >= 0.6 is 12.4 Å². The molecule has 27 heavy (non-hydrogen) atoms. The Morgan fingerprint density at radius 1 is 1.22 bits per heavy atom. The molecule has 1 atom stereocenters. The summed E-state index contributed by atoms with van der Waals surface area (Å²) in [6, 6.07) is 11.4. The van der Waals surface area contributed by atoms with Crippen LogP contribution in [-0.4, -0.2) is 16.1 Å². The van der Waals surface area contributed by atoms with E-state index in [1.54, 1.807) is 0 Å². The molecule has 0 bridgehead atoms. The molecule has 1 aliphatic rings. The minimum Gasteiger partial charge on any atom is -0.347 e. The molecule has 2 aromatic heterocycles. The lowest BCUT2D eigenvalue weighted by molar-refractivity contribution is 0.562. The maximum Gasteiger partial charge on any atom is 0.153 e. The van der Waals surface area contributed by atoms with Crippen LogP contribution in [0.5, 0.6) is 0 Å². The lowest BCUT2D eigenvalue weighted by Gasteiger charge is -2.38. The first kappa shape index (κ1) is 19.5. The highest BCUT2D eigenvalue weighted by Gasteiger charge is 2.29. The van der Waals surface area contributed by atoms with Gasteiger partial charge >= 0.3 is 0 Å². The molecule has 1 aliphatic heterocycles. The minimum atomic E-state index is 0. The zero-order valence-electron chi connectivity index (χ0n) is 16.4. The van der Waals surface area contributed by atoms with Crippen molar-refractivity contribution < 1.29 is 0 Å². The molecule has 0 saturated heterocycles. The van der Waals surface area contributed by atoms with Gasteiger partial charge in [-0.05, 0) is 49.4 Å². The number of rotatable bonds is 4. The van der Waals surface area contributed by atoms with Crippen molar-refractivity contribution in [3.05, 3.63) is 71.6 Å². The molecule has 0 saturated carbocycles. The largest absolute Gasteiger partial charge is 0.347 e. The summed E-state index contributed by atoms with van der Waals surface area (Å²) in [6.07, 6.45) is 6.10. The van der Waals surface area contributed by atoms with Gasteiger partial charge in [0.05, 0.1) is 11.6 Å². The highest BCUT2D eigenvalue weighted by atomic mass is 35.5. The molecule has 3 nitrogen and oxygen atoms in total. The molecule has 0 radical (unpaired) electrons. The minimum absolute atomic E-state index is 0. The second-order valence-electron chi connectivity index (χ2n) is 7.21. The number of aromatic nitrogens is 2. The number of halogens is 1. The van der Waals surface area contributed by atoms with Crippen LogP contribution in [0.3, 0.4) is 0 Å². The molecule has 4 rings (SSSR count). The standard InChI is InChI=1S/C23H27N3.ClH/c1-5-14-25-17(4)16(3)19-11-13-24-23(22(19)25)26-15-12-18-9-7-8-10-20(18)21(26)6-2;/h5,7-11,13,21H,1,6,12,14-15H2,2-4H3;1H. The predicted molar refractivity (Wildman–Crippen MR) is 117 cm³/mol. The fourth-order valence-electron chi connectivity index (χ4n) is 4.49. The molecular formula is C23H28ClN3. The van der Waals surface area contributed by atoms with Crippen molar-refractivity contribution in [2.45, 2.75) is 46.2 Å². The predicted octanol–water partition coefficient (Wildman–Crippen LogP) is 5.77. The van der Waals surface area contributed by atoms with Gasteiger partial charge in [-0.1, -0.05) is 37.3 Å². The van der Waals surface area contributed by atoms with E-state index in [1.807, 2.05) is 12.3 Å². The van der Waals surface area contributed by atoms with E-state index in [2.05, 4.69) is 67.1 Å². The molecule has 0 fully saturated rings. The second kappa shape index (κ2) is 7.77. The van der Waals surface area contributed by atoms with Crippen LogP contribution in [0.4, 0.5) is 5.82 Å². The normalized spacial score (nSPS) is 16.1. The Kier molecular flexibility index (Phi) is 5.61. The summed E-state index contributed by atoms with van der Waals surface area (Å²) in [5.74, 6) is 1.11. The lowest BCUT2D eigenvalue weighted by atomic mass is 9.91. The van der Waals surface area contributed by atoms with Gasteiger partial charge in [-0.3, -0.25) is 0 Å². The van der Waals surface area contributed by atoms with Crippen LogP contribution in [0.15, 0.2) is 49.2 Å². The highest BCUT2D eigenvalue weighted by molar-refractivity contribution is 5.93. The summed E-state index contributed by atoms with van der Waals surface area (Å²) in [4.78, 5) is 7.39. The molecule has 0 spiro atoms. The highest BCUT2D eigenvalue weighted by Crippen LogP contribution is 2.39. The Bertz CT molecular complexity index is 973.